The second-order valence-corrected chi connectivity index (χ2v) is 5.32. The Hall–Kier alpha value is -1.55. The lowest BCUT2D eigenvalue weighted by atomic mass is 10.3. The molecule has 0 aliphatic heterocycles. The maximum absolute atomic E-state index is 11.9. The lowest BCUT2D eigenvalue weighted by molar-refractivity contribution is -0.254. The van der Waals surface area contributed by atoms with E-state index in [0.29, 0.717) is 0 Å². The SMILES string of the molecule is CCO.[Br-].[NH3+]c1ccc(S(=O)(=O)Nc2ncccn2)cc1. The van der Waals surface area contributed by atoms with Crippen molar-refractivity contribution in [2.75, 3.05) is 11.3 Å². The van der Waals surface area contributed by atoms with Crippen LogP contribution in [0.1, 0.15) is 6.92 Å². The maximum Gasteiger partial charge on any atom is 0.264 e. The smallest absolute Gasteiger partial charge is 0.264 e. The number of benzene rings is 1. The van der Waals surface area contributed by atoms with Gasteiger partial charge in [0.15, 0.2) is 0 Å². The summed E-state index contributed by atoms with van der Waals surface area (Å²) < 4.78 is 26.1. The van der Waals surface area contributed by atoms with Crippen molar-refractivity contribution in [3.05, 3.63) is 42.7 Å². The zero-order valence-corrected chi connectivity index (χ0v) is 13.8. The van der Waals surface area contributed by atoms with Crippen LogP contribution in [0.3, 0.4) is 0 Å². The van der Waals surface area contributed by atoms with E-state index in [1.54, 1.807) is 25.1 Å². The van der Waals surface area contributed by atoms with Crippen molar-refractivity contribution in [3.63, 3.8) is 0 Å². The summed E-state index contributed by atoms with van der Waals surface area (Å²) >= 11 is 0. The van der Waals surface area contributed by atoms with Crippen molar-refractivity contribution >= 4 is 21.7 Å². The van der Waals surface area contributed by atoms with Crippen molar-refractivity contribution in [2.24, 2.45) is 0 Å². The van der Waals surface area contributed by atoms with Crippen LogP contribution in [0.2, 0.25) is 0 Å². The van der Waals surface area contributed by atoms with E-state index in [4.69, 9.17) is 5.11 Å². The second kappa shape index (κ2) is 9.40. The minimum atomic E-state index is -3.63. The summed E-state index contributed by atoms with van der Waals surface area (Å²) in [6, 6.07) is 7.82. The molecule has 1 aromatic heterocycles. The largest absolute Gasteiger partial charge is 1.00 e. The van der Waals surface area contributed by atoms with E-state index < -0.39 is 10.0 Å². The molecular weight excluding hydrogens is 360 g/mol. The van der Waals surface area contributed by atoms with Crippen molar-refractivity contribution in [2.45, 2.75) is 11.8 Å². The predicted octanol–water partition coefficient (Wildman–Crippen LogP) is -2.85. The molecule has 0 saturated heterocycles. The van der Waals surface area contributed by atoms with Crippen LogP contribution in [-0.4, -0.2) is 30.1 Å². The minimum Gasteiger partial charge on any atom is -1.00 e. The number of aliphatic hydroxyl groups excluding tert-OH is 1. The molecule has 1 heterocycles. The molecule has 0 fully saturated rings. The highest BCUT2D eigenvalue weighted by atomic mass is 79.9. The molecule has 0 saturated carbocycles. The molecule has 5 N–H and O–H groups in total. The number of aliphatic hydroxyl groups is 1. The van der Waals surface area contributed by atoms with Gasteiger partial charge in [-0.2, -0.15) is 0 Å². The fraction of sp³-hybridized carbons (Fsp3) is 0.167. The highest BCUT2D eigenvalue weighted by molar-refractivity contribution is 7.92. The van der Waals surface area contributed by atoms with Crippen molar-refractivity contribution < 1.29 is 36.2 Å². The summed E-state index contributed by atoms with van der Waals surface area (Å²) in [6.07, 6.45) is 2.92. The summed E-state index contributed by atoms with van der Waals surface area (Å²) in [5.41, 5.74) is 4.44. The number of rotatable bonds is 3. The van der Waals surface area contributed by atoms with Crippen molar-refractivity contribution in [1.29, 1.82) is 0 Å². The number of nitrogens with zero attached hydrogens (tertiary/aromatic N) is 2. The average Bonchev–Trinajstić information content (AvgIpc) is 2.41. The van der Waals surface area contributed by atoms with Crippen LogP contribution in [0.25, 0.3) is 0 Å². The first-order valence-corrected chi connectivity index (χ1v) is 7.30. The molecule has 0 unspecified atom stereocenters. The standard InChI is InChI=1S/C10H10N4O2S.C2H6O.BrH/c11-8-2-4-9(5-3-8)17(15,16)14-10-12-6-1-7-13-10;1-2-3;/h1-7H,11H2,(H,12,13,14);3H,2H2,1H3;1H. The van der Waals surface area contributed by atoms with E-state index in [1.165, 1.54) is 24.5 Å². The Balaban J connectivity index is 0.000000922. The summed E-state index contributed by atoms with van der Waals surface area (Å²) in [6.45, 7) is 1.93. The second-order valence-electron chi connectivity index (χ2n) is 3.64. The molecule has 0 aliphatic rings. The van der Waals surface area contributed by atoms with Gasteiger partial charge in [-0.05, 0) is 25.1 Å². The first kappa shape index (κ1) is 19.4. The van der Waals surface area contributed by atoms with E-state index in [9.17, 15) is 8.42 Å². The van der Waals surface area contributed by atoms with Gasteiger partial charge in [0, 0.05) is 31.1 Å². The number of aromatic nitrogens is 2. The van der Waals surface area contributed by atoms with Crippen LogP contribution in [0.5, 0.6) is 0 Å². The predicted molar refractivity (Wildman–Crippen MR) is 74.6 cm³/mol. The molecule has 0 bridgehead atoms. The highest BCUT2D eigenvalue weighted by Gasteiger charge is 2.15. The zero-order valence-electron chi connectivity index (χ0n) is 11.4. The van der Waals surface area contributed by atoms with Gasteiger partial charge in [-0.3, -0.25) is 0 Å². The first-order valence-electron chi connectivity index (χ1n) is 5.82. The number of halogens is 1. The Bertz CT molecular complexity index is 621. The summed E-state index contributed by atoms with van der Waals surface area (Å²) in [7, 11) is -3.63. The third kappa shape index (κ3) is 6.63. The molecule has 7 nitrogen and oxygen atoms in total. The summed E-state index contributed by atoms with van der Waals surface area (Å²) in [5.74, 6) is 0.0474. The zero-order chi connectivity index (χ0) is 15.0. The van der Waals surface area contributed by atoms with E-state index in [0.717, 1.165) is 5.69 Å². The number of anilines is 1. The molecule has 21 heavy (non-hydrogen) atoms. The van der Waals surface area contributed by atoms with Gasteiger partial charge in [0.25, 0.3) is 10.0 Å². The minimum absolute atomic E-state index is 0. The summed E-state index contributed by atoms with van der Waals surface area (Å²) in [5, 5.41) is 7.57. The summed E-state index contributed by atoms with van der Waals surface area (Å²) in [4.78, 5) is 7.74. The maximum atomic E-state index is 11.9. The monoisotopic (exact) mass is 376 g/mol. The fourth-order valence-electron chi connectivity index (χ4n) is 1.20. The van der Waals surface area contributed by atoms with Crippen LogP contribution < -0.4 is 27.4 Å². The van der Waals surface area contributed by atoms with Crippen LogP contribution >= 0.6 is 0 Å². The molecule has 0 aliphatic carbocycles. The van der Waals surface area contributed by atoms with Gasteiger partial charge in [0.05, 0.1) is 4.90 Å². The van der Waals surface area contributed by atoms with E-state index in [1.807, 2.05) is 0 Å². The van der Waals surface area contributed by atoms with Crippen LogP contribution in [0.4, 0.5) is 11.6 Å². The van der Waals surface area contributed by atoms with Gasteiger partial charge in [-0.1, -0.05) is 0 Å². The van der Waals surface area contributed by atoms with Gasteiger partial charge in [0.1, 0.15) is 5.69 Å². The van der Waals surface area contributed by atoms with Crippen molar-refractivity contribution in [3.8, 4) is 0 Å². The van der Waals surface area contributed by atoms with Crippen molar-refractivity contribution in [1.82, 2.24) is 9.97 Å². The average molecular weight is 377 g/mol. The number of hydrogen-bond donors (Lipinski definition) is 3. The van der Waals surface area contributed by atoms with Crippen LogP contribution in [-0.2, 0) is 10.0 Å². The quantitative estimate of drug-likeness (QED) is 0.532. The van der Waals surface area contributed by atoms with Gasteiger partial charge >= 0.3 is 0 Å². The lowest BCUT2D eigenvalue weighted by Gasteiger charge is -2.05. The van der Waals surface area contributed by atoms with E-state index >= 15 is 0 Å². The van der Waals surface area contributed by atoms with Gasteiger partial charge in [0.2, 0.25) is 5.95 Å². The van der Waals surface area contributed by atoms with Crippen LogP contribution in [0, 0.1) is 0 Å². The fourth-order valence-corrected chi connectivity index (χ4v) is 2.16. The Kier molecular flexibility index (Phi) is 8.70. The van der Waals surface area contributed by atoms with Gasteiger partial charge in [-0.15, -0.1) is 0 Å². The normalized spacial score (nSPS) is 9.86. The Morgan fingerprint density at radius 3 is 2.14 bits per heavy atom. The van der Waals surface area contributed by atoms with E-state index in [2.05, 4.69) is 20.4 Å². The first-order chi connectivity index (χ1) is 9.49. The molecule has 1 aromatic carbocycles. The molecule has 116 valence electrons. The Morgan fingerprint density at radius 2 is 1.67 bits per heavy atom. The molecular formula is C12H17BrN4O3S. The van der Waals surface area contributed by atoms with Crippen LogP contribution in [0.15, 0.2) is 47.6 Å². The molecule has 0 radical (unpaired) electrons. The molecule has 0 atom stereocenters. The Morgan fingerprint density at radius 1 is 1.19 bits per heavy atom. The number of nitrogens with one attached hydrogen (secondary N) is 1. The highest BCUT2D eigenvalue weighted by Crippen LogP contribution is 2.13. The van der Waals surface area contributed by atoms with Gasteiger partial charge < -0.3 is 27.8 Å². The Labute approximate surface area is 134 Å². The van der Waals surface area contributed by atoms with E-state index in [-0.39, 0.29) is 34.4 Å². The molecule has 2 rings (SSSR count). The topological polar surface area (TPSA) is 120 Å². The third-order valence-corrected chi connectivity index (χ3v) is 3.37. The number of hydrogen-bond acceptors (Lipinski definition) is 5. The molecule has 0 amide bonds. The van der Waals surface area contributed by atoms with Gasteiger partial charge in [-0.25, -0.2) is 23.1 Å². The number of sulfonamides is 1. The number of quaternary nitrogens is 1. The molecule has 9 heteroatoms. The lowest BCUT2D eigenvalue weighted by Crippen LogP contribution is -3.00. The third-order valence-electron chi connectivity index (χ3n) is 2.03. The molecule has 0 spiro atoms. The molecule has 2 aromatic rings.